The summed E-state index contributed by atoms with van der Waals surface area (Å²) in [6, 6.07) is 5.23. The quantitative estimate of drug-likeness (QED) is 0.548. The monoisotopic (exact) mass is 189 g/mol. The van der Waals surface area contributed by atoms with Gasteiger partial charge < -0.3 is 10.4 Å². The Hall–Kier alpha value is -1.46. The fourth-order valence-corrected chi connectivity index (χ4v) is 1.13. The molecule has 2 nitrogen and oxygen atoms in total. The molecule has 0 aliphatic carbocycles. The van der Waals surface area contributed by atoms with Crippen LogP contribution in [0, 0.1) is 18.8 Å². The molecule has 0 radical (unpaired) electrons. The van der Waals surface area contributed by atoms with Gasteiger partial charge in [-0.2, -0.15) is 0 Å². The number of hydrogen-bond acceptors (Lipinski definition) is 2. The van der Waals surface area contributed by atoms with Gasteiger partial charge in [-0.1, -0.05) is 11.8 Å². The van der Waals surface area contributed by atoms with Crippen LogP contribution >= 0.6 is 0 Å². The maximum absolute atomic E-state index is 9.19. The molecule has 1 aromatic carbocycles. The molecule has 1 rings (SSSR count). The van der Waals surface area contributed by atoms with Crippen molar-refractivity contribution in [3.63, 3.8) is 0 Å². The first kappa shape index (κ1) is 10.6. The predicted molar refractivity (Wildman–Crippen MR) is 58.3 cm³/mol. The van der Waals surface area contributed by atoms with E-state index in [1.54, 1.807) is 12.1 Å². The normalized spacial score (nSPS) is 9.29. The molecular formula is C12H15NO. The minimum absolute atomic E-state index is 0.295. The van der Waals surface area contributed by atoms with Crippen LogP contribution in [0.2, 0.25) is 0 Å². The lowest BCUT2D eigenvalue weighted by molar-refractivity contribution is 0.475. The van der Waals surface area contributed by atoms with E-state index in [4.69, 9.17) is 0 Å². The number of aryl methyl sites for hydroxylation is 1. The van der Waals surface area contributed by atoms with Gasteiger partial charge in [0.05, 0.1) is 0 Å². The fourth-order valence-electron chi connectivity index (χ4n) is 1.13. The average Bonchev–Trinajstić information content (AvgIpc) is 2.15. The zero-order valence-corrected chi connectivity index (χ0v) is 8.59. The van der Waals surface area contributed by atoms with Gasteiger partial charge in [-0.25, -0.2) is 0 Å². The molecule has 0 aromatic heterocycles. The van der Waals surface area contributed by atoms with Crippen LogP contribution in [0.5, 0.6) is 5.75 Å². The predicted octanol–water partition coefficient (Wildman–Crippen LogP) is 1.66. The first-order valence-corrected chi connectivity index (χ1v) is 4.67. The molecule has 0 atom stereocenters. The molecule has 0 saturated carbocycles. The summed E-state index contributed by atoms with van der Waals surface area (Å²) < 4.78 is 0. The molecule has 0 amide bonds. The third-order valence-corrected chi connectivity index (χ3v) is 1.93. The lowest BCUT2D eigenvalue weighted by atomic mass is 10.1. The van der Waals surface area contributed by atoms with Crippen molar-refractivity contribution in [1.82, 2.24) is 5.32 Å². The van der Waals surface area contributed by atoms with E-state index < -0.39 is 0 Å². The zero-order chi connectivity index (χ0) is 10.4. The Balaban J connectivity index is 2.70. The Labute approximate surface area is 85.0 Å². The molecule has 2 N–H and O–H groups in total. The first-order chi connectivity index (χ1) is 6.74. The number of phenols is 1. The van der Waals surface area contributed by atoms with Crippen LogP contribution in [0.25, 0.3) is 0 Å². The Morgan fingerprint density at radius 1 is 1.43 bits per heavy atom. The molecule has 0 aliphatic heterocycles. The van der Waals surface area contributed by atoms with E-state index in [1.165, 1.54) is 0 Å². The zero-order valence-electron chi connectivity index (χ0n) is 8.59. The van der Waals surface area contributed by atoms with Gasteiger partial charge in [0, 0.05) is 18.5 Å². The van der Waals surface area contributed by atoms with Crippen LogP contribution in [-0.2, 0) is 0 Å². The Bertz CT molecular complexity index is 360. The van der Waals surface area contributed by atoms with Crippen molar-refractivity contribution in [3.05, 3.63) is 29.3 Å². The van der Waals surface area contributed by atoms with Crippen molar-refractivity contribution in [2.45, 2.75) is 13.3 Å². The standard InChI is InChI=1S/C12H15NO/c1-10-9-12(14)7-6-11(10)5-3-4-8-13-2/h6-7,9,13-14H,4,8H2,1-2H3. The topological polar surface area (TPSA) is 32.3 Å². The van der Waals surface area contributed by atoms with Crippen LogP contribution in [0.3, 0.4) is 0 Å². The van der Waals surface area contributed by atoms with Gasteiger partial charge in [0.15, 0.2) is 0 Å². The molecule has 0 spiro atoms. The van der Waals surface area contributed by atoms with Crippen LogP contribution in [0.1, 0.15) is 17.5 Å². The van der Waals surface area contributed by atoms with Gasteiger partial charge in [0.1, 0.15) is 5.75 Å². The van der Waals surface area contributed by atoms with E-state index in [0.29, 0.717) is 5.75 Å². The summed E-state index contributed by atoms with van der Waals surface area (Å²) in [4.78, 5) is 0. The number of phenolic OH excluding ortho intramolecular Hbond substituents is 1. The Morgan fingerprint density at radius 2 is 2.21 bits per heavy atom. The molecule has 0 aliphatic rings. The lowest BCUT2D eigenvalue weighted by Crippen LogP contribution is -2.05. The second-order valence-electron chi connectivity index (χ2n) is 3.15. The largest absolute Gasteiger partial charge is 0.508 e. The summed E-state index contributed by atoms with van der Waals surface area (Å²) in [5, 5.41) is 12.2. The first-order valence-electron chi connectivity index (χ1n) is 4.67. The molecule has 14 heavy (non-hydrogen) atoms. The van der Waals surface area contributed by atoms with Crippen LogP contribution in [-0.4, -0.2) is 18.7 Å². The summed E-state index contributed by atoms with van der Waals surface area (Å²) in [5.41, 5.74) is 2.00. The van der Waals surface area contributed by atoms with Gasteiger partial charge in [-0.3, -0.25) is 0 Å². The minimum atomic E-state index is 0.295. The number of aromatic hydroxyl groups is 1. The van der Waals surface area contributed by atoms with E-state index >= 15 is 0 Å². The number of hydrogen-bond donors (Lipinski definition) is 2. The number of nitrogens with one attached hydrogen (secondary N) is 1. The van der Waals surface area contributed by atoms with Gasteiger partial charge in [0.2, 0.25) is 0 Å². The third-order valence-electron chi connectivity index (χ3n) is 1.93. The summed E-state index contributed by atoms with van der Waals surface area (Å²) in [7, 11) is 1.91. The molecule has 74 valence electrons. The maximum Gasteiger partial charge on any atom is 0.115 e. The van der Waals surface area contributed by atoms with Crippen molar-refractivity contribution < 1.29 is 5.11 Å². The summed E-state index contributed by atoms with van der Waals surface area (Å²) in [6.45, 7) is 2.85. The summed E-state index contributed by atoms with van der Waals surface area (Å²) >= 11 is 0. The van der Waals surface area contributed by atoms with Crippen molar-refractivity contribution >= 4 is 0 Å². The highest BCUT2D eigenvalue weighted by Crippen LogP contribution is 2.14. The fraction of sp³-hybridized carbons (Fsp3) is 0.333. The van der Waals surface area contributed by atoms with E-state index in [1.807, 2.05) is 20.0 Å². The van der Waals surface area contributed by atoms with Crippen molar-refractivity contribution in [3.8, 4) is 17.6 Å². The molecule has 0 fully saturated rings. The molecule has 0 unspecified atom stereocenters. The van der Waals surface area contributed by atoms with E-state index in [2.05, 4.69) is 17.2 Å². The molecule has 0 heterocycles. The second-order valence-corrected chi connectivity index (χ2v) is 3.15. The molecule has 2 heteroatoms. The molecular weight excluding hydrogens is 174 g/mol. The van der Waals surface area contributed by atoms with E-state index in [0.717, 1.165) is 24.1 Å². The Kier molecular flexibility index (Phi) is 4.03. The summed E-state index contributed by atoms with van der Waals surface area (Å²) in [6.07, 6.45) is 0.844. The average molecular weight is 189 g/mol. The second kappa shape index (κ2) is 5.31. The van der Waals surface area contributed by atoms with Crippen LogP contribution < -0.4 is 5.32 Å². The van der Waals surface area contributed by atoms with Gasteiger partial charge in [-0.05, 0) is 37.7 Å². The molecule has 0 saturated heterocycles. The smallest absolute Gasteiger partial charge is 0.115 e. The highest BCUT2D eigenvalue weighted by molar-refractivity contribution is 5.44. The SMILES string of the molecule is CNCCC#Cc1ccc(O)cc1C. The van der Waals surface area contributed by atoms with Gasteiger partial charge in [0.25, 0.3) is 0 Å². The van der Waals surface area contributed by atoms with Crippen molar-refractivity contribution in [2.75, 3.05) is 13.6 Å². The highest BCUT2D eigenvalue weighted by atomic mass is 16.3. The van der Waals surface area contributed by atoms with E-state index in [-0.39, 0.29) is 0 Å². The van der Waals surface area contributed by atoms with Crippen molar-refractivity contribution in [2.24, 2.45) is 0 Å². The third kappa shape index (κ3) is 3.12. The van der Waals surface area contributed by atoms with E-state index in [9.17, 15) is 5.11 Å². The lowest BCUT2D eigenvalue weighted by Gasteiger charge is -1.98. The van der Waals surface area contributed by atoms with Gasteiger partial charge >= 0.3 is 0 Å². The molecule has 0 bridgehead atoms. The highest BCUT2D eigenvalue weighted by Gasteiger charge is 1.94. The van der Waals surface area contributed by atoms with Crippen LogP contribution in [0.4, 0.5) is 0 Å². The maximum atomic E-state index is 9.19. The van der Waals surface area contributed by atoms with Crippen molar-refractivity contribution in [1.29, 1.82) is 0 Å². The summed E-state index contributed by atoms with van der Waals surface area (Å²) in [5.74, 6) is 6.44. The Morgan fingerprint density at radius 3 is 2.86 bits per heavy atom. The number of rotatable bonds is 2. The molecule has 1 aromatic rings. The van der Waals surface area contributed by atoms with Crippen LogP contribution in [0.15, 0.2) is 18.2 Å². The number of benzene rings is 1. The minimum Gasteiger partial charge on any atom is -0.508 e. The van der Waals surface area contributed by atoms with Gasteiger partial charge in [-0.15, -0.1) is 0 Å².